The molecule has 2 heterocycles. The third-order valence-corrected chi connectivity index (χ3v) is 6.09. The zero-order valence-corrected chi connectivity index (χ0v) is 22.5. The molecule has 1 aliphatic rings. The fourth-order valence-electron chi connectivity index (χ4n) is 3.35. The third-order valence-electron chi connectivity index (χ3n) is 5.29. The summed E-state index contributed by atoms with van der Waals surface area (Å²) in [4.78, 5) is 63.5. The molecule has 0 spiro atoms. The number of hydrogen-bond acceptors (Lipinski definition) is 11. The molecular formula is C24H28BrN5O7. The van der Waals surface area contributed by atoms with Gasteiger partial charge < -0.3 is 19.5 Å². The molecule has 198 valence electrons. The number of halogens is 1. The number of amides is 1. The van der Waals surface area contributed by atoms with Crippen LogP contribution in [-0.2, 0) is 33.4 Å². The molecule has 1 aliphatic heterocycles. The lowest BCUT2D eigenvalue weighted by Gasteiger charge is -2.24. The Hall–Kier alpha value is -3.61. The number of esters is 3. The number of nitrogens with one attached hydrogen (secondary N) is 1. The number of anilines is 1. The van der Waals surface area contributed by atoms with Crippen molar-refractivity contribution in [3.63, 3.8) is 0 Å². The first-order chi connectivity index (χ1) is 17.6. The fraction of sp³-hybridized carbons (Fsp3) is 0.458. The van der Waals surface area contributed by atoms with Gasteiger partial charge in [0.05, 0.1) is 22.2 Å². The van der Waals surface area contributed by atoms with Gasteiger partial charge in [0.15, 0.2) is 18.3 Å². The molecule has 1 amide bonds. The smallest absolute Gasteiger partial charge is 0.347 e. The number of carbonyl (C=O) groups excluding carboxylic acids is 4. The van der Waals surface area contributed by atoms with E-state index < -0.39 is 42.1 Å². The lowest BCUT2D eigenvalue weighted by atomic mass is 10.2. The van der Waals surface area contributed by atoms with Gasteiger partial charge in [-0.25, -0.2) is 9.59 Å². The maximum Gasteiger partial charge on any atom is 0.347 e. The summed E-state index contributed by atoms with van der Waals surface area (Å²) < 4.78 is 15.9. The summed E-state index contributed by atoms with van der Waals surface area (Å²) in [7, 11) is 0. The van der Waals surface area contributed by atoms with E-state index in [-0.39, 0.29) is 6.42 Å². The van der Waals surface area contributed by atoms with Crippen LogP contribution in [0.4, 0.5) is 5.69 Å². The van der Waals surface area contributed by atoms with Crippen molar-refractivity contribution in [3.05, 3.63) is 29.0 Å². The first-order valence-corrected chi connectivity index (χ1v) is 12.5. The summed E-state index contributed by atoms with van der Waals surface area (Å²) >= 11 is 3.51. The van der Waals surface area contributed by atoms with Crippen molar-refractivity contribution in [3.8, 4) is 0 Å². The predicted molar refractivity (Wildman–Crippen MR) is 136 cm³/mol. The Bertz CT molecular complexity index is 1220. The van der Waals surface area contributed by atoms with Gasteiger partial charge in [-0.05, 0) is 55.3 Å². The Morgan fingerprint density at radius 1 is 1.00 bits per heavy atom. The number of aromatic nitrogens is 2. The number of rotatable bonds is 9. The highest BCUT2D eigenvalue weighted by atomic mass is 79.9. The molecule has 1 N–H and O–H groups in total. The van der Waals surface area contributed by atoms with Crippen LogP contribution in [-0.4, -0.2) is 76.0 Å². The average Bonchev–Trinajstić information content (AvgIpc) is 3.33. The topological polar surface area (TPSA) is 149 Å². The molecule has 37 heavy (non-hydrogen) atoms. The number of benzene rings is 1. The maximum absolute atomic E-state index is 13.0. The van der Waals surface area contributed by atoms with E-state index >= 15 is 0 Å². The number of nitrogens with zero attached hydrogens (tertiary/aromatic N) is 4. The van der Waals surface area contributed by atoms with Gasteiger partial charge in [-0.1, -0.05) is 6.92 Å². The molecule has 3 rings (SSSR count). The van der Waals surface area contributed by atoms with Gasteiger partial charge in [-0.3, -0.25) is 29.4 Å². The molecule has 3 atom stereocenters. The lowest BCUT2D eigenvalue weighted by molar-refractivity contribution is -0.179. The molecule has 0 saturated carbocycles. The van der Waals surface area contributed by atoms with E-state index in [9.17, 15) is 19.2 Å². The molecule has 0 bridgehead atoms. The van der Waals surface area contributed by atoms with Gasteiger partial charge in [-0.2, -0.15) is 0 Å². The monoisotopic (exact) mass is 577 g/mol. The number of ether oxygens (including phenoxy) is 3. The van der Waals surface area contributed by atoms with Crippen LogP contribution in [0, 0.1) is 0 Å². The van der Waals surface area contributed by atoms with Crippen LogP contribution in [0.5, 0.6) is 0 Å². The van der Waals surface area contributed by atoms with Crippen LogP contribution in [0.2, 0.25) is 0 Å². The highest BCUT2D eigenvalue weighted by Gasteiger charge is 2.33. The van der Waals surface area contributed by atoms with Crippen LogP contribution in [0.25, 0.3) is 11.0 Å². The molecule has 0 radical (unpaired) electrons. The second-order valence-electron chi connectivity index (χ2n) is 8.21. The predicted octanol–water partition coefficient (Wildman–Crippen LogP) is 2.60. The van der Waals surface area contributed by atoms with Crippen molar-refractivity contribution in [2.45, 2.75) is 58.8 Å². The van der Waals surface area contributed by atoms with Gasteiger partial charge in [0.25, 0.3) is 5.91 Å². The van der Waals surface area contributed by atoms with Crippen LogP contribution in [0.3, 0.4) is 0 Å². The average molecular weight is 578 g/mol. The van der Waals surface area contributed by atoms with E-state index in [1.54, 1.807) is 31.5 Å². The highest BCUT2D eigenvalue weighted by Crippen LogP contribution is 2.29. The minimum absolute atomic E-state index is 0.164. The molecule has 13 heteroatoms. The van der Waals surface area contributed by atoms with Crippen LogP contribution in [0.1, 0.15) is 40.5 Å². The second-order valence-corrected chi connectivity index (χ2v) is 9.00. The van der Waals surface area contributed by atoms with Crippen molar-refractivity contribution < 1.29 is 33.4 Å². The maximum atomic E-state index is 13.0. The zero-order chi connectivity index (χ0) is 27.1. The van der Waals surface area contributed by atoms with Crippen molar-refractivity contribution in [1.29, 1.82) is 0 Å². The Morgan fingerprint density at radius 3 is 2.35 bits per heavy atom. The number of guanidine groups is 1. The standard InChI is InChI=1S/C24H28BrN5O7/c1-5-6-18(31)35-14(3)22(33)37-15(4)23(34)36-13(2)21(32)30-12-11-28-24(30)29-16-7-8-17-20(19(16)25)27-10-9-26-17/h7-10,13-15H,5-6,11-12H2,1-4H3,(H,28,29). The zero-order valence-electron chi connectivity index (χ0n) is 20.9. The number of aliphatic imine (C=N–C) groups is 1. The van der Waals surface area contributed by atoms with Crippen LogP contribution < -0.4 is 5.32 Å². The van der Waals surface area contributed by atoms with Gasteiger partial charge in [0.2, 0.25) is 5.96 Å². The fourth-order valence-corrected chi connectivity index (χ4v) is 3.89. The molecule has 12 nitrogen and oxygen atoms in total. The molecule has 0 saturated heterocycles. The SMILES string of the molecule is CCCC(=O)OC(C)C(=O)OC(C)C(=O)OC(C)C(=O)N1CCN=C1Nc1ccc2nccnc2c1Br. The minimum Gasteiger partial charge on any atom is -0.451 e. The largest absolute Gasteiger partial charge is 0.451 e. The van der Waals surface area contributed by atoms with Crippen LogP contribution >= 0.6 is 15.9 Å². The Morgan fingerprint density at radius 2 is 1.65 bits per heavy atom. The molecular weight excluding hydrogens is 550 g/mol. The van der Waals surface area contributed by atoms with E-state index in [4.69, 9.17) is 14.2 Å². The van der Waals surface area contributed by atoms with E-state index in [1.165, 1.54) is 25.7 Å². The van der Waals surface area contributed by atoms with Gasteiger partial charge >= 0.3 is 17.9 Å². The molecule has 0 fully saturated rings. The van der Waals surface area contributed by atoms with Gasteiger partial charge in [-0.15, -0.1) is 0 Å². The van der Waals surface area contributed by atoms with Crippen molar-refractivity contribution in [2.24, 2.45) is 4.99 Å². The van der Waals surface area contributed by atoms with E-state index in [1.807, 2.05) is 0 Å². The summed E-state index contributed by atoms with van der Waals surface area (Å²) in [5.74, 6) is -2.56. The summed E-state index contributed by atoms with van der Waals surface area (Å²) in [5.41, 5.74) is 1.97. The summed E-state index contributed by atoms with van der Waals surface area (Å²) in [6, 6.07) is 3.57. The summed E-state index contributed by atoms with van der Waals surface area (Å²) in [5, 5.41) is 3.12. The Kier molecular flexibility index (Phi) is 9.50. The summed E-state index contributed by atoms with van der Waals surface area (Å²) in [6.07, 6.45) is 0.242. The second kappa shape index (κ2) is 12.6. The van der Waals surface area contributed by atoms with Crippen molar-refractivity contribution in [2.75, 3.05) is 18.4 Å². The third kappa shape index (κ3) is 7.00. The number of hydrogen-bond donors (Lipinski definition) is 1. The first-order valence-electron chi connectivity index (χ1n) is 11.7. The molecule has 2 aromatic rings. The molecule has 3 unspecified atom stereocenters. The molecule has 1 aromatic heterocycles. The normalized spacial score (nSPS) is 15.4. The van der Waals surface area contributed by atoms with Gasteiger partial charge in [0, 0.05) is 25.4 Å². The quantitative estimate of drug-likeness (QED) is 0.348. The summed E-state index contributed by atoms with van der Waals surface area (Å²) in [6.45, 7) is 6.53. The first kappa shape index (κ1) is 28.0. The lowest BCUT2D eigenvalue weighted by Crippen LogP contribution is -2.45. The van der Waals surface area contributed by atoms with Gasteiger partial charge in [0.1, 0.15) is 5.52 Å². The minimum atomic E-state index is -1.31. The molecule has 1 aromatic carbocycles. The number of carbonyl (C=O) groups is 4. The van der Waals surface area contributed by atoms with Crippen molar-refractivity contribution in [1.82, 2.24) is 14.9 Å². The van der Waals surface area contributed by atoms with E-state index in [0.29, 0.717) is 46.7 Å². The van der Waals surface area contributed by atoms with E-state index in [2.05, 4.69) is 36.2 Å². The Balaban J connectivity index is 1.57. The number of fused-ring (bicyclic) bond motifs is 1. The van der Waals surface area contributed by atoms with E-state index in [0.717, 1.165) is 0 Å². The van der Waals surface area contributed by atoms with Crippen molar-refractivity contribution >= 4 is 62.4 Å². The Labute approximate surface area is 221 Å². The molecule has 0 aliphatic carbocycles. The van der Waals surface area contributed by atoms with Crippen LogP contribution in [0.15, 0.2) is 34.0 Å². The highest BCUT2D eigenvalue weighted by molar-refractivity contribution is 9.10.